The number of hydrogen-bond donors (Lipinski definition) is 0. The van der Waals surface area contributed by atoms with E-state index < -0.39 is 41.7 Å². The van der Waals surface area contributed by atoms with Crippen molar-refractivity contribution in [1.82, 2.24) is 10.0 Å². The molecule has 3 heterocycles. The number of halogens is 2. The summed E-state index contributed by atoms with van der Waals surface area (Å²) >= 11 is 0. The number of imide groups is 1. The van der Waals surface area contributed by atoms with Crippen molar-refractivity contribution < 1.29 is 23.2 Å². The van der Waals surface area contributed by atoms with E-state index in [1.54, 1.807) is 36.4 Å². The Kier molecular flexibility index (Phi) is 6.87. The summed E-state index contributed by atoms with van der Waals surface area (Å²) in [6.45, 7) is 1.58. The highest BCUT2D eigenvalue weighted by Gasteiger charge is 2.55. The van der Waals surface area contributed by atoms with Crippen molar-refractivity contribution in [3.63, 3.8) is 0 Å². The molecule has 44 heavy (non-hydrogen) atoms. The number of allylic oxidation sites excluding steroid dienone is 1. The highest BCUT2D eigenvalue weighted by atomic mass is 19.1. The molecule has 4 aliphatic rings. The van der Waals surface area contributed by atoms with Crippen LogP contribution in [0.4, 0.5) is 14.5 Å². The number of hydrogen-bond acceptors (Lipinski definition) is 7. The molecular formula is C33H28F2N6O3. The van der Waals surface area contributed by atoms with Gasteiger partial charge in [-0.3, -0.25) is 19.4 Å². The Morgan fingerprint density at radius 1 is 0.909 bits per heavy atom. The molecule has 0 radical (unpaired) electrons. The number of fused-ring (bicyclic) bond motifs is 2. The molecule has 0 N–H and O–H groups in total. The average molecular weight is 595 g/mol. The molecule has 2 fully saturated rings. The third-order valence-corrected chi connectivity index (χ3v) is 8.63. The molecule has 0 bridgehead atoms. The zero-order chi connectivity index (χ0) is 30.5. The molecule has 11 heteroatoms. The number of carbonyl (C=O) groups excluding carboxylic acids is 3. The number of benzene rings is 3. The molecule has 3 aromatic carbocycles. The van der Waals surface area contributed by atoms with Crippen LogP contribution in [0.25, 0.3) is 6.08 Å². The predicted octanol–water partition coefficient (Wildman–Crippen LogP) is 5.39. The standard InChI is InChI=1S/C33H28F2N6O3/c1-19-5-15-25(16-6-19)40-32(43)29-31(33(40)44)39(38-36-29)18-27(42)41-30(21-9-13-24(35)14-10-21)26-4-2-3-22(28(26)37-41)17-20-7-11-23(34)12-8-20/h5-17,26,29-31H,2-4,18H2,1H3/b22-17-. The fraction of sp³-hybridized carbons (Fsp3) is 0.273. The Bertz CT molecular complexity index is 1740. The van der Waals surface area contributed by atoms with Gasteiger partial charge in [0.15, 0.2) is 12.1 Å². The van der Waals surface area contributed by atoms with Crippen molar-refractivity contribution >= 4 is 35.2 Å². The van der Waals surface area contributed by atoms with Gasteiger partial charge < -0.3 is 0 Å². The van der Waals surface area contributed by atoms with Crippen molar-refractivity contribution in [3.05, 3.63) is 107 Å². The van der Waals surface area contributed by atoms with Crippen molar-refractivity contribution in [3.8, 4) is 0 Å². The normalized spacial score (nSPS) is 25.1. The maximum atomic E-state index is 14.0. The quantitative estimate of drug-likeness (QED) is 0.370. The smallest absolute Gasteiger partial charge is 0.264 e. The lowest BCUT2D eigenvalue weighted by molar-refractivity contribution is -0.136. The van der Waals surface area contributed by atoms with E-state index in [9.17, 15) is 23.2 Å². The summed E-state index contributed by atoms with van der Waals surface area (Å²) < 4.78 is 27.4. The van der Waals surface area contributed by atoms with Gasteiger partial charge >= 0.3 is 0 Å². The Morgan fingerprint density at radius 2 is 1.59 bits per heavy atom. The molecule has 9 nitrogen and oxygen atoms in total. The van der Waals surface area contributed by atoms with Gasteiger partial charge in [0.25, 0.3) is 17.7 Å². The maximum Gasteiger partial charge on any atom is 0.264 e. The van der Waals surface area contributed by atoms with E-state index in [-0.39, 0.29) is 18.3 Å². The van der Waals surface area contributed by atoms with Gasteiger partial charge in [0.05, 0.1) is 17.4 Å². The Balaban J connectivity index is 1.18. The van der Waals surface area contributed by atoms with Crippen LogP contribution in [-0.2, 0) is 14.4 Å². The summed E-state index contributed by atoms with van der Waals surface area (Å²) in [7, 11) is 0. The number of carbonyl (C=O) groups is 3. The molecule has 3 aromatic rings. The van der Waals surface area contributed by atoms with E-state index >= 15 is 0 Å². The second-order valence-electron chi connectivity index (χ2n) is 11.5. The topological polar surface area (TPSA) is 98.0 Å². The van der Waals surface area contributed by atoms with Crippen LogP contribution in [0.5, 0.6) is 0 Å². The molecule has 3 amide bonds. The van der Waals surface area contributed by atoms with Crippen LogP contribution in [0.15, 0.2) is 93.8 Å². The molecular weight excluding hydrogens is 566 g/mol. The van der Waals surface area contributed by atoms with Crippen LogP contribution in [-0.4, -0.2) is 52.1 Å². The van der Waals surface area contributed by atoms with Gasteiger partial charge in [0, 0.05) is 5.92 Å². The van der Waals surface area contributed by atoms with Crippen LogP contribution in [0.3, 0.4) is 0 Å². The van der Waals surface area contributed by atoms with E-state index in [4.69, 9.17) is 5.10 Å². The van der Waals surface area contributed by atoms with E-state index in [0.717, 1.165) is 52.1 Å². The van der Waals surface area contributed by atoms with Gasteiger partial charge in [-0.15, -0.1) is 0 Å². The highest BCUT2D eigenvalue weighted by Crippen LogP contribution is 2.45. The van der Waals surface area contributed by atoms with Gasteiger partial charge in [0.2, 0.25) is 0 Å². The lowest BCUT2D eigenvalue weighted by Gasteiger charge is -2.30. The number of nitrogens with zero attached hydrogens (tertiary/aromatic N) is 6. The number of rotatable bonds is 5. The van der Waals surface area contributed by atoms with E-state index in [0.29, 0.717) is 5.69 Å². The number of anilines is 1. The average Bonchev–Trinajstić information content (AvgIpc) is 3.69. The lowest BCUT2D eigenvalue weighted by Crippen LogP contribution is -2.45. The van der Waals surface area contributed by atoms with E-state index in [1.807, 2.05) is 25.1 Å². The minimum Gasteiger partial charge on any atom is -0.271 e. The predicted molar refractivity (Wildman–Crippen MR) is 158 cm³/mol. The third-order valence-electron chi connectivity index (χ3n) is 8.63. The molecule has 4 unspecified atom stereocenters. The fourth-order valence-electron chi connectivity index (χ4n) is 6.47. The zero-order valence-corrected chi connectivity index (χ0v) is 23.8. The summed E-state index contributed by atoms with van der Waals surface area (Å²) in [5.74, 6) is -2.29. The van der Waals surface area contributed by atoms with Crippen molar-refractivity contribution in [1.29, 1.82) is 0 Å². The minimum atomic E-state index is -1.04. The van der Waals surface area contributed by atoms with Crippen LogP contribution in [0.1, 0.15) is 42.0 Å². The largest absolute Gasteiger partial charge is 0.271 e. The molecule has 0 aromatic heterocycles. The molecule has 1 saturated heterocycles. The maximum absolute atomic E-state index is 14.0. The molecule has 7 rings (SSSR count). The minimum absolute atomic E-state index is 0.149. The van der Waals surface area contributed by atoms with Crippen molar-refractivity contribution in [2.75, 3.05) is 11.4 Å². The van der Waals surface area contributed by atoms with Crippen LogP contribution in [0.2, 0.25) is 0 Å². The van der Waals surface area contributed by atoms with E-state index in [2.05, 4.69) is 10.3 Å². The van der Waals surface area contributed by atoms with Crippen LogP contribution >= 0.6 is 0 Å². The SMILES string of the molecule is Cc1ccc(N2C(=O)C3N=NN(CC(=O)N4N=C5/C(=C\c6ccc(F)cc6)CCCC5C4c4ccc(F)cc4)C3C2=O)cc1. The first kappa shape index (κ1) is 27.8. The summed E-state index contributed by atoms with van der Waals surface area (Å²) in [6, 6.07) is 16.6. The van der Waals surface area contributed by atoms with Gasteiger partial charge in [-0.05, 0) is 85.4 Å². The molecule has 222 valence electrons. The second-order valence-corrected chi connectivity index (χ2v) is 11.5. The third kappa shape index (κ3) is 4.78. The highest BCUT2D eigenvalue weighted by molar-refractivity contribution is 6.25. The van der Waals surface area contributed by atoms with Gasteiger partial charge in [-0.2, -0.15) is 10.2 Å². The molecule has 1 saturated carbocycles. The molecule has 0 spiro atoms. The van der Waals surface area contributed by atoms with Gasteiger partial charge in [-0.25, -0.2) is 18.7 Å². The summed E-state index contributed by atoms with van der Waals surface area (Å²) in [4.78, 5) is 41.7. The van der Waals surface area contributed by atoms with Crippen LogP contribution < -0.4 is 4.90 Å². The fourth-order valence-corrected chi connectivity index (χ4v) is 6.47. The first-order valence-corrected chi connectivity index (χ1v) is 14.5. The summed E-state index contributed by atoms with van der Waals surface area (Å²) in [5, 5.41) is 15.6. The Labute approximate surface area is 252 Å². The second kappa shape index (κ2) is 10.9. The van der Waals surface area contributed by atoms with E-state index in [1.165, 1.54) is 34.3 Å². The first-order chi connectivity index (χ1) is 21.3. The van der Waals surface area contributed by atoms with Gasteiger partial charge in [0.1, 0.15) is 18.2 Å². The van der Waals surface area contributed by atoms with Crippen molar-refractivity contribution in [2.24, 2.45) is 21.4 Å². The number of aryl methyl sites for hydroxylation is 1. The summed E-state index contributed by atoms with van der Waals surface area (Å²) in [6.07, 6.45) is 4.31. The molecule has 1 aliphatic carbocycles. The van der Waals surface area contributed by atoms with Crippen molar-refractivity contribution in [2.45, 2.75) is 44.3 Å². The monoisotopic (exact) mass is 594 g/mol. The lowest BCUT2D eigenvalue weighted by atomic mass is 9.77. The first-order valence-electron chi connectivity index (χ1n) is 14.5. The summed E-state index contributed by atoms with van der Waals surface area (Å²) in [5.41, 5.74) is 4.67. The molecule has 4 atom stereocenters. The van der Waals surface area contributed by atoms with Gasteiger partial charge in [-0.1, -0.05) is 47.2 Å². The Hall–Kier alpha value is -5.06. The molecule has 3 aliphatic heterocycles. The zero-order valence-electron chi connectivity index (χ0n) is 23.8. The number of amides is 3. The van der Waals surface area contributed by atoms with Crippen LogP contribution in [0, 0.1) is 24.5 Å². The Morgan fingerprint density at radius 3 is 2.30 bits per heavy atom. The number of hydrazone groups is 1.